The van der Waals surface area contributed by atoms with E-state index < -0.39 is 22.0 Å². The molecule has 1 atom stereocenters. The van der Waals surface area contributed by atoms with E-state index in [1.54, 1.807) is 24.3 Å². The lowest BCUT2D eigenvalue weighted by Gasteiger charge is -2.16. The Hall–Kier alpha value is -3.97. The predicted molar refractivity (Wildman–Crippen MR) is 129 cm³/mol. The van der Waals surface area contributed by atoms with Crippen molar-refractivity contribution in [2.75, 3.05) is 4.72 Å². The van der Waals surface area contributed by atoms with Gasteiger partial charge in [0.05, 0.1) is 11.6 Å². The minimum Gasteiger partial charge on any atom is -0.342 e. The molecular formula is C26H22N2O4S. The van der Waals surface area contributed by atoms with Crippen molar-refractivity contribution < 1.29 is 18.0 Å². The van der Waals surface area contributed by atoms with E-state index in [9.17, 15) is 18.0 Å². The second-order valence-corrected chi connectivity index (χ2v) is 9.22. The van der Waals surface area contributed by atoms with E-state index in [0.29, 0.717) is 18.4 Å². The second-order valence-electron chi connectivity index (χ2n) is 7.57. The van der Waals surface area contributed by atoms with E-state index in [2.05, 4.69) is 10.0 Å². The van der Waals surface area contributed by atoms with E-state index in [1.807, 2.05) is 60.7 Å². The Morgan fingerprint density at radius 3 is 2.24 bits per heavy atom. The van der Waals surface area contributed by atoms with Crippen LogP contribution in [-0.2, 0) is 21.2 Å². The van der Waals surface area contributed by atoms with Crippen LogP contribution in [0.3, 0.4) is 0 Å². The van der Waals surface area contributed by atoms with Gasteiger partial charge in [-0.05, 0) is 47.0 Å². The summed E-state index contributed by atoms with van der Waals surface area (Å²) >= 11 is 0. The zero-order valence-corrected chi connectivity index (χ0v) is 18.5. The van der Waals surface area contributed by atoms with E-state index in [1.165, 1.54) is 12.1 Å². The summed E-state index contributed by atoms with van der Waals surface area (Å²) in [5.41, 5.74) is 1.23. The molecule has 0 aliphatic heterocycles. The lowest BCUT2D eigenvalue weighted by Crippen LogP contribution is -2.38. The zero-order chi connectivity index (χ0) is 23.3. The summed E-state index contributed by atoms with van der Waals surface area (Å²) in [6, 6.07) is 27.2. The number of carbonyl (C=O) groups excluding carboxylic acids is 2. The summed E-state index contributed by atoms with van der Waals surface area (Å²) in [4.78, 5) is 24.3. The van der Waals surface area contributed by atoms with Crippen LogP contribution in [0.1, 0.15) is 15.9 Å². The third kappa shape index (κ3) is 5.27. The van der Waals surface area contributed by atoms with Gasteiger partial charge in [0.15, 0.2) is 0 Å². The van der Waals surface area contributed by atoms with Crippen LogP contribution in [0.25, 0.3) is 10.8 Å². The first-order valence-electron chi connectivity index (χ1n) is 10.4. The number of carbonyl (C=O) groups is 2. The van der Waals surface area contributed by atoms with E-state index in [-0.39, 0.29) is 10.5 Å². The third-order valence-electron chi connectivity index (χ3n) is 5.20. The van der Waals surface area contributed by atoms with Gasteiger partial charge in [-0.3, -0.25) is 9.52 Å². The highest BCUT2D eigenvalue weighted by Gasteiger charge is 2.24. The molecule has 0 bridgehead atoms. The monoisotopic (exact) mass is 458 g/mol. The Bertz CT molecular complexity index is 1400. The molecule has 0 saturated heterocycles. The summed E-state index contributed by atoms with van der Waals surface area (Å²) in [5.74, 6) is -0.637. The number of anilines is 1. The van der Waals surface area contributed by atoms with Crippen LogP contribution in [0, 0.1) is 0 Å². The number of nitrogens with one attached hydrogen (secondary N) is 2. The number of amides is 1. The molecule has 0 radical (unpaired) electrons. The van der Waals surface area contributed by atoms with Crippen molar-refractivity contribution in [3.05, 3.63) is 108 Å². The van der Waals surface area contributed by atoms with Gasteiger partial charge >= 0.3 is 0 Å². The van der Waals surface area contributed by atoms with Crippen molar-refractivity contribution in [2.24, 2.45) is 0 Å². The molecule has 6 nitrogen and oxygen atoms in total. The van der Waals surface area contributed by atoms with Crippen molar-refractivity contribution in [3.8, 4) is 0 Å². The van der Waals surface area contributed by atoms with Gasteiger partial charge in [-0.25, -0.2) is 8.42 Å². The van der Waals surface area contributed by atoms with Gasteiger partial charge in [-0.1, -0.05) is 72.8 Å². The van der Waals surface area contributed by atoms with Crippen molar-refractivity contribution >= 4 is 38.7 Å². The highest BCUT2D eigenvalue weighted by molar-refractivity contribution is 7.92. The Morgan fingerprint density at radius 2 is 1.48 bits per heavy atom. The maximum Gasteiger partial charge on any atom is 0.262 e. The smallest absolute Gasteiger partial charge is 0.262 e. The number of hydrogen-bond acceptors (Lipinski definition) is 4. The SMILES string of the molecule is O=C[C@H](Cc1ccccc1)NC(=O)c1ccccc1S(=O)(=O)Nc1ccc2ccccc2c1. The molecule has 4 rings (SSSR count). The van der Waals surface area contributed by atoms with Gasteiger partial charge in [0.2, 0.25) is 0 Å². The van der Waals surface area contributed by atoms with E-state index >= 15 is 0 Å². The van der Waals surface area contributed by atoms with Crippen molar-refractivity contribution in [1.82, 2.24) is 5.32 Å². The number of benzene rings is 4. The molecule has 0 unspecified atom stereocenters. The Labute approximate surface area is 192 Å². The molecule has 7 heteroatoms. The van der Waals surface area contributed by atoms with Crippen molar-refractivity contribution in [1.29, 1.82) is 0 Å². The fraction of sp³-hybridized carbons (Fsp3) is 0.0769. The highest BCUT2D eigenvalue weighted by Crippen LogP contribution is 2.23. The summed E-state index contributed by atoms with van der Waals surface area (Å²) in [5, 5.41) is 4.51. The quantitative estimate of drug-likeness (QED) is 0.388. The minimum atomic E-state index is -4.06. The molecule has 2 N–H and O–H groups in total. The van der Waals surface area contributed by atoms with Crippen LogP contribution in [0.15, 0.2) is 102 Å². The Morgan fingerprint density at radius 1 is 0.818 bits per heavy atom. The van der Waals surface area contributed by atoms with E-state index in [4.69, 9.17) is 0 Å². The molecule has 4 aromatic carbocycles. The van der Waals surface area contributed by atoms with Gasteiger partial charge < -0.3 is 10.1 Å². The van der Waals surface area contributed by atoms with E-state index in [0.717, 1.165) is 16.3 Å². The number of rotatable bonds is 8. The predicted octanol–water partition coefficient (Wildman–Crippen LogP) is 4.18. The first-order chi connectivity index (χ1) is 16.0. The maximum atomic E-state index is 13.1. The maximum absolute atomic E-state index is 13.1. The third-order valence-corrected chi connectivity index (χ3v) is 6.64. The summed E-state index contributed by atoms with van der Waals surface area (Å²) in [6.45, 7) is 0. The Balaban J connectivity index is 1.57. The number of fused-ring (bicyclic) bond motifs is 1. The molecule has 4 aromatic rings. The summed E-state index contributed by atoms with van der Waals surface area (Å²) < 4.78 is 28.8. The van der Waals surface area contributed by atoms with Crippen LogP contribution in [0.2, 0.25) is 0 Å². The van der Waals surface area contributed by atoms with Crippen molar-refractivity contribution in [2.45, 2.75) is 17.4 Å². The molecule has 0 saturated carbocycles. The minimum absolute atomic E-state index is 0.0364. The fourth-order valence-corrected chi connectivity index (χ4v) is 4.85. The molecule has 0 spiro atoms. The average Bonchev–Trinajstić information content (AvgIpc) is 2.84. The van der Waals surface area contributed by atoms with Crippen LogP contribution >= 0.6 is 0 Å². The largest absolute Gasteiger partial charge is 0.342 e. The zero-order valence-electron chi connectivity index (χ0n) is 17.6. The van der Waals surface area contributed by atoms with Gasteiger partial charge in [-0.15, -0.1) is 0 Å². The molecule has 33 heavy (non-hydrogen) atoms. The molecule has 0 aromatic heterocycles. The van der Waals surface area contributed by atoms with Crippen LogP contribution in [0.4, 0.5) is 5.69 Å². The average molecular weight is 459 g/mol. The molecule has 0 aliphatic rings. The molecule has 0 aliphatic carbocycles. The number of aldehydes is 1. The van der Waals surface area contributed by atoms with Gasteiger partial charge in [0.1, 0.15) is 11.2 Å². The normalized spacial score (nSPS) is 12.1. The first-order valence-corrected chi connectivity index (χ1v) is 11.9. The van der Waals surface area contributed by atoms with Gasteiger partial charge in [0.25, 0.3) is 15.9 Å². The second kappa shape index (κ2) is 9.67. The van der Waals surface area contributed by atoms with Crippen LogP contribution in [-0.4, -0.2) is 26.7 Å². The first kappa shape index (κ1) is 22.2. The molecule has 1 amide bonds. The summed E-state index contributed by atoms with van der Waals surface area (Å²) in [7, 11) is -4.06. The van der Waals surface area contributed by atoms with Gasteiger partial charge in [0, 0.05) is 5.69 Å². The highest BCUT2D eigenvalue weighted by atomic mass is 32.2. The molecule has 166 valence electrons. The van der Waals surface area contributed by atoms with Gasteiger partial charge in [-0.2, -0.15) is 0 Å². The van der Waals surface area contributed by atoms with Crippen molar-refractivity contribution in [3.63, 3.8) is 0 Å². The molecule has 0 heterocycles. The summed E-state index contributed by atoms with van der Waals surface area (Å²) in [6.07, 6.45) is 0.954. The topological polar surface area (TPSA) is 92.3 Å². The fourth-order valence-electron chi connectivity index (χ4n) is 3.60. The lowest BCUT2D eigenvalue weighted by atomic mass is 10.1. The van der Waals surface area contributed by atoms with Crippen LogP contribution in [0.5, 0.6) is 0 Å². The standard InChI is InChI=1S/C26H22N2O4S/c29-18-23(16-19-8-2-1-3-9-19)27-26(30)24-12-6-7-13-25(24)33(31,32)28-22-15-14-20-10-4-5-11-21(20)17-22/h1-15,17-18,23,28H,16H2,(H,27,30)/t23-/m0/s1. The number of sulfonamides is 1. The molecule has 0 fully saturated rings. The number of hydrogen-bond donors (Lipinski definition) is 2. The Kier molecular flexibility index (Phi) is 6.51. The van der Waals surface area contributed by atoms with Crippen LogP contribution < -0.4 is 10.0 Å². The molecular weight excluding hydrogens is 436 g/mol. The lowest BCUT2D eigenvalue weighted by molar-refractivity contribution is -0.109.